The van der Waals surface area contributed by atoms with Crippen molar-refractivity contribution in [2.75, 3.05) is 14.2 Å². The zero-order valence-electron chi connectivity index (χ0n) is 15.7. The van der Waals surface area contributed by atoms with Gasteiger partial charge in [0.15, 0.2) is 0 Å². The third-order valence-electron chi connectivity index (χ3n) is 4.81. The van der Waals surface area contributed by atoms with Crippen molar-refractivity contribution < 1.29 is 14.2 Å². The smallest absolute Gasteiger partial charge is 0.244 e. The lowest BCUT2D eigenvalue weighted by molar-refractivity contribution is 0.379. The van der Waals surface area contributed by atoms with Gasteiger partial charge in [-0.1, -0.05) is 18.2 Å². The monoisotopic (exact) mass is 452 g/mol. The van der Waals surface area contributed by atoms with Crippen molar-refractivity contribution in [1.82, 2.24) is 10.2 Å². The molecular weight excluding hydrogens is 436 g/mol. The van der Waals surface area contributed by atoms with E-state index in [-0.39, 0.29) is 5.88 Å². The fraction of sp³-hybridized carbons (Fsp3) is 0.143. The Bertz CT molecular complexity index is 1160. The first-order chi connectivity index (χ1) is 14.1. The molecule has 2 heterocycles. The van der Waals surface area contributed by atoms with E-state index >= 15 is 0 Å². The zero-order chi connectivity index (χ0) is 20.5. The molecule has 0 saturated heterocycles. The summed E-state index contributed by atoms with van der Waals surface area (Å²) in [7, 11) is 3.21. The molecule has 0 saturated carbocycles. The average molecular weight is 453 g/mol. The number of methoxy groups -OCH3 is 2. The normalized spacial score (nSPS) is 15.3. The largest absolute Gasteiger partial charge is 0.497 e. The summed E-state index contributed by atoms with van der Waals surface area (Å²) in [4.78, 5) is 0. The standard InChI is InChI=1S/C21H17BrN4O3/c1-27-13-5-3-4-12(8-13)19-18-17(11-6-7-16(28-2)15(22)9-11)14(10-23)20(24)29-21(18)26-25-19/h3-9,17H,24H2,1-2H3,(H,25,26)/t17-/m0/s1. The number of nitriles is 1. The van der Waals surface area contributed by atoms with E-state index in [4.69, 9.17) is 19.9 Å². The Kier molecular flexibility index (Phi) is 4.91. The Balaban J connectivity index is 1.93. The number of ether oxygens (including phenoxy) is 3. The fourth-order valence-corrected chi connectivity index (χ4v) is 4.00. The van der Waals surface area contributed by atoms with Gasteiger partial charge in [0.05, 0.1) is 35.9 Å². The number of allylic oxidation sites excluding steroid dienone is 1. The number of H-pyrrole nitrogens is 1. The number of aromatic nitrogens is 2. The van der Waals surface area contributed by atoms with Gasteiger partial charge in [-0.2, -0.15) is 5.26 Å². The molecule has 1 aliphatic rings. The van der Waals surface area contributed by atoms with E-state index in [0.29, 0.717) is 23.0 Å². The molecule has 0 radical (unpaired) electrons. The second kappa shape index (κ2) is 7.53. The summed E-state index contributed by atoms with van der Waals surface area (Å²) in [6.07, 6.45) is 0. The van der Waals surface area contributed by atoms with Crippen molar-refractivity contribution in [1.29, 1.82) is 5.26 Å². The van der Waals surface area contributed by atoms with E-state index in [1.807, 2.05) is 42.5 Å². The molecule has 3 aromatic rings. The van der Waals surface area contributed by atoms with Crippen LogP contribution in [0, 0.1) is 11.3 Å². The second-order valence-corrected chi connectivity index (χ2v) is 7.22. The van der Waals surface area contributed by atoms with Gasteiger partial charge >= 0.3 is 0 Å². The molecule has 1 aromatic heterocycles. The van der Waals surface area contributed by atoms with Crippen LogP contribution in [0.15, 0.2) is 58.4 Å². The maximum Gasteiger partial charge on any atom is 0.244 e. The van der Waals surface area contributed by atoms with Crippen LogP contribution in [0.4, 0.5) is 0 Å². The van der Waals surface area contributed by atoms with Crippen molar-refractivity contribution >= 4 is 15.9 Å². The number of nitrogens with zero attached hydrogens (tertiary/aromatic N) is 2. The van der Waals surface area contributed by atoms with Gasteiger partial charge in [-0.15, -0.1) is 5.10 Å². The van der Waals surface area contributed by atoms with Crippen LogP contribution in [0.2, 0.25) is 0 Å². The van der Waals surface area contributed by atoms with Crippen LogP contribution in [-0.4, -0.2) is 24.4 Å². The molecule has 0 unspecified atom stereocenters. The summed E-state index contributed by atoms with van der Waals surface area (Å²) >= 11 is 3.52. The SMILES string of the molecule is COc1cccc(-c2[nH]nc3c2[C@@H](c2ccc(OC)c(Br)c2)C(C#N)=C(N)O3)c1. The van der Waals surface area contributed by atoms with Crippen molar-refractivity contribution in [3.8, 4) is 34.7 Å². The highest BCUT2D eigenvalue weighted by Gasteiger charge is 2.35. The van der Waals surface area contributed by atoms with Crippen molar-refractivity contribution in [2.24, 2.45) is 5.73 Å². The van der Waals surface area contributed by atoms with E-state index in [1.165, 1.54) is 0 Å². The first-order valence-electron chi connectivity index (χ1n) is 8.71. The minimum atomic E-state index is -0.453. The lowest BCUT2D eigenvalue weighted by Crippen LogP contribution is -2.21. The number of aromatic amines is 1. The number of hydrogen-bond donors (Lipinski definition) is 2. The van der Waals surface area contributed by atoms with Gasteiger partial charge in [-0.3, -0.25) is 5.10 Å². The summed E-state index contributed by atoms with van der Waals surface area (Å²) in [5.41, 5.74) is 9.55. The second-order valence-electron chi connectivity index (χ2n) is 6.37. The molecule has 7 nitrogen and oxygen atoms in total. The summed E-state index contributed by atoms with van der Waals surface area (Å²) in [6.45, 7) is 0. The highest BCUT2D eigenvalue weighted by Crippen LogP contribution is 2.46. The number of hydrogen-bond acceptors (Lipinski definition) is 6. The Morgan fingerprint density at radius 3 is 2.72 bits per heavy atom. The molecule has 0 bridgehead atoms. The Morgan fingerprint density at radius 1 is 1.21 bits per heavy atom. The van der Waals surface area contributed by atoms with Crippen molar-refractivity contribution in [3.63, 3.8) is 0 Å². The first-order valence-corrected chi connectivity index (χ1v) is 9.50. The maximum absolute atomic E-state index is 9.82. The highest BCUT2D eigenvalue weighted by molar-refractivity contribution is 9.10. The van der Waals surface area contributed by atoms with E-state index in [2.05, 4.69) is 32.2 Å². The number of benzene rings is 2. The Labute approximate surface area is 175 Å². The van der Waals surface area contributed by atoms with Crippen LogP contribution in [0.3, 0.4) is 0 Å². The number of rotatable bonds is 4. The highest BCUT2D eigenvalue weighted by atomic mass is 79.9. The van der Waals surface area contributed by atoms with E-state index in [1.54, 1.807) is 14.2 Å². The van der Waals surface area contributed by atoms with Gasteiger partial charge in [-0.05, 0) is 45.8 Å². The minimum Gasteiger partial charge on any atom is -0.497 e. The first kappa shape index (κ1) is 18.9. The quantitative estimate of drug-likeness (QED) is 0.617. The van der Waals surface area contributed by atoms with E-state index in [9.17, 15) is 5.26 Å². The van der Waals surface area contributed by atoms with Crippen molar-refractivity contribution in [3.05, 3.63) is 69.5 Å². The van der Waals surface area contributed by atoms with Crippen LogP contribution < -0.4 is 19.9 Å². The van der Waals surface area contributed by atoms with E-state index in [0.717, 1.165) is 26.9 Å². The molecule has 4 rings (SSSR count). The van der Waals surface area contributed by atoms with Gasteiger partial charge in [-0.25, -0.2) is 0 Å². The average Bonchev–Trinajstić information content (AvgIpc) is 3.16. The molecule has 8 heteroatoms. The number of nitrogens with one attached hydrogen (secondary N) is 1. The molecule has 0 aliphatic carbocycles. The maximum atomic E-state index is 9.82. The summed E-state index contributed by atoms with van der Waals surface area (Å²) in [5, 5.41) is 17.1. The van der Waals surface area contributed by atoms with Gasteiger partial charge in [0, 0.05) is 5.56 Å². The third kappa shape index (κ3) is 3.19. The lowest BCUT2D eigenvalue weighted by atomic mass is 9.83. The molecule has 29 heavy (non-hydrogen) atoms. The van der Waals surface area contributed by atoms with Crippen LogP contribution in [0.1, 0.15) is 17.0 Å². The molecular formula is C21H17BrN4O3. The van der Waals surface area contributed by atoms with Crippen LogP contribution in [-0.2, 0) is 0 Å². The predicted molar refractivity (Wildman–Crippen MR) is 111 cm³/mol. The molecule has 0 amide bonds. The van der Waals surface area contributed by atoms with Crippen LogP contribution in [0.25, 0.3) is 11.3 Å². The Hall–Kier alpha value is -3.44. The fourth-order valence-electron chi connectivity index (χ4n) is 3.44. The van der Waals surface area contributed by atoms with Gasteiger partial charge in [0.1, 0.15) is 23.1 Å². The molecule has 1 atom stereocenters. The Morgan fingerprint density at radius 2 is 2.03 bits per heavy atom. The van der Waals surface area contributed by atoms with Gasteiger partial charge in [0.25, 0.3) is 0 Å². The number of halogens is 1. The molecule has 0 spiro atoms. The lowest BCUT2D eigenvalue weighted by Gasteiger charge is -2.24. The molecule has 3 N–H and O–H groups in total. The molecule has 2 aromatic carbocycles. The molecule has 0 fully saturated rings. The summed E-state index contributed by atoms with van der Waals surface area (Å²) in [6, 6.07) is 15.4. The third-order valence-corrected chi connectivity index (χ3v) is 5.43. The van der Waals surface area contributed by atoms with Crippen LogP contribution >= 0.6 is 15.9 Å². The van der Waals surface area contributed by atoms with Gasteiger partial charge < -0.3 is 19.9 Å². The predicted octanol–water partition coefficient (Wildman–Crippen LogP) is 4.07. The van der Waals surface area contributed by atoms with Crippen molar-refractivity contribution in [2.45, 2.75) is 5.92 Å². The van der Waals surface area contributed by atoms with Gasteiger partial charge in [0.2, 0.25) is 11.8 Å². The zero-order valence-corrected chi connectivity index (χ0v) is 17.3. The summed E-state index contributed by atoms with van der Waals surface area (Å²) < 4.78 is 17.1. The summed E-state index contributed by atoms with van der Waals surface area (Å²) in [5.74, 6) is 1.33. The number of nitrogens with two attached hydrogens (primary N) is 1. The number of fused-ring (bicyclic) bond motifs is 1. The molecule has 146 valence electrons. The van der Waals surface area contributed by atoms with Crippen LogP contribution in [0.5, 0.6) is 17.4 Å². The van der Waals surface area contributed by atoms with E-state index < -0.39 is 5.92 Å². The minimum absolute atomic E-state index is 0.0423. The topological polar surface area (TPSA) is 106 Å². The molecule has 1 aliphatic heterocycles.